The van der Waals surface area contributed by atoms with Gasteiger partial charge in [0.25, 0.3) is 0 Å². The van der Waals surface area contributed by atoms with E-state index in [1.54, 1.807) is 6.20 Å². The minimum Gasteiger partial charge on any atom is -0.480 e. The maximum atomic E-state index is 11.3. The molecule has 3 rings (SSSR count). The summed E-state index contributed by atoms with van der Waals surface area (Å²) in [6, 6.07) is 9.29. The molecular formula is C15H16N2O3. The van der Waals surface area contributed by atoms with Gasteiger partial charge < -0.3 is 9.84 Å². The smallest absolute Gasteiger partial charge is 0.323 e. The van der Waals surface area contributed by atoms with Gasteiger partial charge in [-0.2, -0.15) is 0 Å². The molecule has 0 saturated carbocycles. The fraction of sp³-hybridized carbons (Fsp3) is 0.333. The first kappa shape index (κ1) is 13.0. The van der Waals surface area contributed by atoms with E-state index in [1.807, 2.05) is 35.2 Å². The number of fused-ring (bicyclic) bond motifs is 1. The van der Waals surface area contributed by atoms with E-state index in [0.29, 0.717) is 19.7 Å². The number of carboxylic acid groups (broad SMARTS) is 1. The van der Waals surface area contributed by atoms with E-state index in [1.165, 1.54) is 0 Å². The summed E-state index contributed by atoms with van der Waals surface area (Å²) in [5.41, 5.74) is 2.04. The zero-order valence-electron chi connectivity index (χ0n) is 11.0. The Labute approximate surface area is 116 Å². The first-order chi connectivity index (χ1) is 9.75. The van der Waals surface area contributed by atoms with E-state index in [2.05, 4.69) is 4.98 Å². The number of hydrogen-bond donors (Lipinski definition) is 1. The molecule has 1 saturated heterocycles. The highest BCUT2D eigenvalue weighted by Gasteiger charge is 2.29. The number of aliphatic carboxylic acids is 1. The molecular weight excluding hydrogens is 256 g/mol. The van der Waals surface area contributed by atoms with Crippen molar-refractivity contribution in [3.8, 4) is 0 Å². The van der Waals surface area contributed by atoms with E-state index in [4.69, 9.17) is 4.74 Å². The average Bonchev–Trinajstić information content (AvgIpc) is 2.48. The van der Waals surface area contributed by atoms with E-state index < -0.39 is 12.0 Å². The monoisotopic (exact) mass is 272 g/mol. The molecule has 1 aromatic carbocycles. The molecule has 5 nitrogen and oxygen atoms in total. The third-order valence-electron chi connectivity index (χ3n) is 3.64. The lowest BCUT2D eigenvalue weighted by Gasteiger charge is -2.32. The summed E-state index contributed by atoms with van der Waals surface area (Å²) in [4.78, 5) is 17.6. The Morgan fingerprint density at radius 1 is 1.40 bits per heavy atom. The van der Waals surface area contributed by atoms with Crippen molar-refractivity contribution < 1.29 is 14.6 Å². The van der Waals surface area contributed by atoms with Crippen molar-refractivity contribution >= 4 is 16.9 Å². The topological polar surface area (TPSA) is 62.7 Å². The number of hydrogen-bond acceptors (Lipinski definition) is 4. The van der Waals surface area contributed by atoms with Gasteiger partial charge in [-0.1, -0.05) is 18.2 Å². The third kappa shape index (κ3) is 2.50. The number of para-hydroxylation sites is 1. The van der Waals surface area contributed by atoms with E-state index in [-0.39, 0.29) is 6.61 Å². The average molecular weight is 272 g/mol. The SMILES string of the molecule is O=C(O)C1COCCN1Cc1ccnc2ccccc12. The van der Waals surface area contributed by atoms with Crippen LogP contribution in [0.1, 0.15) is 5.56 Å². The summed E-state index contributed by atoms with van der Waals surface area (Å²) in [7, 11) is 0. The predicted molar refractivity (Wildman–Crippen MR) is 74.4 cm³/mol. The number of pyridine rings is 1. The first-order valence-corrected chi connectivity index (χ1v) is 6.63. The number of carbonyl (C=O) groups is 1. The van der Waals surface area contributed by atoms with Crippen LogP contribution in [-0.4, -0.2) is 46.8 Å². The lowest BCUT2D eigenvalue weighted by Crippen LogP contribution is -2.49. The lowest BCUT2D eigenvalue weighted by molar-refractivity contribution is -0.150. The summed E-state index contributed by atoms with van der Waals surface area (Å²) in [6.07, 6.45) is 1.77. The Morgan fingerprint density at radius 3 is 3.10 bits per heavy atom. The van der Waals surface area contributed by atoms with Crippen molar-refractivity contribution in [3.05, 3.63) is 42.1 Å². The van der Waals surface area contributed by atoms with Gasteiger partial charge in [0, 0.05) is 24.7 Å². The maximum Gasteiger partial charge on any atom is 0.323 e. The molecule has 20 heavy (non-hydrogen) atoms. The fourth-order valence-corrected chi connectivity index (χ4v) is 2.57. The normalized spacial score (nSPS) is 20.1. The van der Waals surface area contributed by atoms with Gasteiger partial charge in [0.05, 0.1) is 18.7 Å². The Kier molecular flexibility index (Phi) is 3.62. The quantitative estimate of drug-likeness (QED) is 0.918. The van der Waals surface area contributed by atoms with Crippen molar-refractivity contribution in [2.45, 2.75) is 12.6 Å². The highest BCUT2D eigenvalue weighted by Crippen LogP contribution is 2.20. The Hall–Kier alpha value is -1.98. The summed E-state index contributed by atoms with van der Waals surface area (Å²) < 4.78 is 5.26. The van der Waals surface area contributed by atoms with Crippen molar-refractivity contribution in [2.24, 2.45) is 0 Å². The van der Waals surface area contributed by atoms with Crippen molar-refractivity contribution in [3.63, 3.8) is 0 Å². The molecule has 5 heteroatoms. The minimum atomic E-state index is -0.830. The Balaban J connectivity index is 1.90. The van der Waals surface area contributed by atoms with Crippen molar-refractivity contribution in [1.29, 1.82) is 0 Å². The van der Waals surface area contributed by atoms with Gasteiger partial charge in [-0.15, -0.1) is 0 Å². The molecule has 1 aromatic heterocycles. The molecule has 0 radical (unpaired) electrons. The highest BCUT2D eigenvalue weighted by molar-refractivity contribution is 5.82. The molecule has 1 atom stereocenters. The van der Waals surface area contributed by atoms with Crippen LogP contribution in [0, 0.1) is 0 Å². The highest BCUT2D eigenvalue weighted by atomic mass is 16.5. The maximum absolute atomic E-state index is 11.3. The fourth-order valence-electron chi connectivity index (χ4n) is 2.57. The standard InChI is InChI=1S/C15H16N2O3/c18-15(19)14-10-20-8-7-17(14)9-11-5-6-16-13-4-2-1-3-12(11)13/h1-6,14H,7-10H2,(H,18,19). The molecule has 0 amide bonds. The van der Waals surface area contributed by atoms with Crippen LogP contribution in [0.15, 0.2) is 36.5 Å². The molecule has 1 aliphatic rings. The van der Waals surface area contributed by atoms with E-state index in [0.717, 1.165) is 16.5 Å². The van der Waals surface area contributed by atoms with Crippen molar-refractivity contribution in [1.82, 2.24) is 9.88 Å². The van der Waals surface area contributed by atoms with Crippen LogP contribution in [0.3, 0.4) is 0 Å². The predicted octanol–water partition coefficient (Wildman–Crippen LogP) is 1.52. The largest absolute Gasteiger partial charge is 0.480 e. The number of nitrogens with zero attached hydrogens (tertiary/aromatic N) is 2. The summed E-state index contributed by atoms with van der Waals surface area (Å²) in [5, 5.41) is 10.3. The summed E-state index contributed by atoms with van der Waals surface area (Å²) >= 11 is 0. The summed E-state index contributed by atoms with van der Waals surface area (Å²) in [6.45, 7) is 2.06. The molecule has 1 fully saturated rings. The van der Waals surface area contributed by atoms with E-state index in [9.17, 15) is 9.90 Å². The zero-order valence-corrected chi connectivity index (χ0v) is 11.0. The second kappa shape index (κ2) is 5.56. The van der Waals surface area contributed by atoms with Gasteiger partial charge in [0.1, 0.15) is 6.04 Å². The van der Waals surface area contributed by atoms with Crippen LogP contribution >= 0.6 is 0 Å². The van der Waals surface area contributed by atoms with E-state index >= 15 is 0 Å². The van der Waals surface area contributed by atoms with Crippen LogP contribution in [-0.2, 0) is 16.1 Å². The molecule has 2 heterocycles. The number of ether oxygens (including phenoxy) is 1. The van der Waals surface area contributed by atoms with Gasteiger partial charge in [-0.25, -0.2) is 0 Å². The first-order valence-electron chi connectivity index (χ1n) is 6.63. The van der Waals surface area contributed by atoms with Crippen LogP contribution in [0.25, 0.3) is 10.9 Å². The van der Waals surface area contributed by atoms with Crippen LogP contribution in [0.4, 0.5) is 0 Å². The van der Waals surface area contributed by atoms with Gasteiger partial charge in [-0.3, -0.25) is 14.7 Å². The minimum absolute atomic E-state index is 0.248. The van der Waals surface area contributed by atoms with Crippen LogP contribution < -0.4 is 0 Å². The summed E-state index contributed by atoms with van der Waals surface area (Å²) in [5.74, 6) is -0.830. The Bertz CT molecular complexity index is 624. The Morgan fingerprint density at radius 2 is 2.25 bits per heavy atom. The molecule has 0 aliphatic carbocycles. The molecule has 0 bridgehead atoms. The molecule has 1 N–H and O–H groups in total. The van der Waals surface area contributed by atoms with Crippen molar-refractivity contribution in [2.75, 3.05) is 19.8 Å². The molecule has 104 valence electrons. The van der Waals surface area contributed by atoms with Gasteiger partial charge >= 0.3 is 5.97 Å². The number of morpholine rings is 1. The zero-order chi connectivity index (χ0) is 13.9. The number of aromatic nitrogens is 1. The molecule has 2 aromatic rings. The molecule has 1 unspecified atom stereocenters. The second-order valence-corrected chi connectivity index (χ2v) is 4.89. The molecule has 0 spiro atoms. The number of carboxylic acids is 1. The van der Waals surface area contributed by atoms with Crippen LogP contribution in [0.2, 0.25) is 0 Å². The number of rotatable bonds is 3. The van der Waals surface area contributed by atoms with Gasteiger partial charge in [-0.05, 0) is 17.7 Å². The molecule has 1 aliphatic heterocycles. The van der Waals surface area contributed by atoms with Gasteiger partial charge in [0.2, 0.25) is 0 Å². The van der Waals surface area contributed by atoms with Crippen LogP contribution in [0.5, 0.6) is 0 Å². The third-order valence-corrected chi connectivity index (χ3v) is 3.64. The van der Waals surface area contributed by atoms with Gasteiger partial charge in [0.15, 0.2) is 0 Å². The number of benzene rings is 1. The lowest BCUT2D eigenvalue weighted by atomic mass is 10.1. The second-order valence-electron chi connectivity index (χ2n) is 4.89.